The molecule has 0 saturated carbocycles. The van der Waals surface area contributed by atoms with Gasteiger partial charge in [0.1, 0.15) is 5.75 Å². The van der Waals surface area contributed by atoms with E-state index in [0.717, 1.165) is 25.4 Å². The molecule has 0 amide bonds. The van der Waals surface area contributed by atoms with Crippen LogP contribution >= 0.6 is 0 Å². The van der Waals surface area contributed by atoms with Crippen LogP contribution in [0, 0.1) is 6.92 Å². The zero-order valence-electron chi connectivity index (χ0n) is 10.7. The van der Waals surface area contributed by atoms with Crippen molar-refractivity contribution < 1.29 is 9.47 Å². The average molecular weight is 233 g/mol. The van der Waals surface area contributed by atoms with E-state index in [-0.39, 0.29) is 5.60 Å². The molecule has 1 unspecified atom stereocenters. The van der Waals surface area contributed by atoms with Gasteiger partial charge in [0.2, 0.25) is 0 Å². The molecular weight excluding hydrogens is 214 g/mol. The van der Waals surface area contributed by atoms with Crippen molar-refractivity contribution in [1.82, 2.24) is 5.32 Å². The van der Waals surface area contributed by atoms with Crippen LogP contribution in [0.15, 0.2) is 12.1 Å². The molecule has 0 spiro atoms. The molecule has 2 aliphatic heterocycles. The summed E-state index contributed by atoms with van der Waals surface area (Å²) < 4.78 is 11.4. The maximum absolute atomic E-state index is 6.07. The van der Waals surface area contributed by atoms with E-state index in [4.69, 9.17) is 9.47 Å². The molecule has 1 N–H and O–H groups in total. The summed E-state index contributed by atoms with van der Waals surface area (Å²) in [7, 11) is 1.73. The van der Waals surface area contributed by atoms with Crippen molar-refractivity contribution in [2.45, 2.75) is 32.0 Å². The van der Waals surface area contributed by atoms with Gasteiger partial charge in [0.15, 0.2) is 0 Å². The van der Waals surface area contributed by atoms with E-state index >= 15 is 0 Å². The van der Waals surface area contributed by atoms with Crippen LogP contribution in [0.5, 0.6) is 5.75 Å². The smallest absolute Gasteiger partial charge is 0.119 e. The summed E-state index contributed by atoms with van der Waals surface area (Å²) >= 11 is 0. The van der Waals surface area contributed by atoms with Crippen LogP contribution in [0.25, 0.3) is 0 Å². The molecule has 92 valence electrons. The first-order valence-corrected chi connectivity index (χ1v) is 6.16. The lowest BCUT2D eigenvalue weighted by Gasteiger charge is -2.37. The fraction of sp³-hybridized carbons (Fsp3) is 0.571. The minimum absolute atomic E-state index is 0.0498. The summed E-state index contributed by atoms with van der Waals surface area (Å²) in [5, 5.41) is 3.44. The second-order valence-corrected chi connectivity index (χ2v) is 5.30. The Morgan fingerprint density at radius 2 is 2.29 bits per heavy atom. The van der Waals surface area contributed by atoms with Crippen LogP contribution in [0.3, 0.4) is 0 Å². The summed E-state index contributed by atoms with van der Waals surface area (Å²) in [6.07, 6.45) is 0. The van der Waals surface area contributed by atoms with Gasteiger partial charge < -0.3 is 14.8 Å². The number of nitrogens with one attached hydrogen (secondary N) is 1. The van der Waals surface area contributed by atoms with Gasteiger partial charge in [-0.15, -0.1) is 0 Å². The van der Waals surface area contributed by atoms with Gasteiger partial charge in [-0.1, -0.05) is 0 Å². The highest BCUT2D eigenvalue weighted by Gasteiger charge is 2.44. The largest absolute Gasteiger partial charge is 0.497 e. The highest BCUT2D eigenvalue weighted by molar-refractivity contribution is 5.46. The van der Waals surface area contributed by atoms with Gasteiger partial charge in [-0.25, -0.2) is 0 Å². The van der Waals surface area contributed by atoms with Crippen molar-refractivity contribution in [1.29, 1.82) is 0 Å². The number of ether oxygens (including phenoxy) is 2. The molecule has 2 aliphatic rings. The Kier molecular flexibility index (Phi) is 2.42. The van der Waals surface area contributed by atoms with Crippen LogP contribution in [0.4, 0.5) is 0 Å². The Hall–Kier alpha value is -1.06. The predicted octanol–water partition coefficient (Wildman–Crippen LogP) is 1.98. The minimum Gasteiger partial charge on any atom is -0.497 e. The van der Waals surface area contributed by atoms with Gasteiger partial charge in [-0.05, 0) is 42.7 Å². The second-order valence-electron chi connectivity index (χ2n) is 5.30. The number of methoxy groups -OCH3 is 1. The molecule has 3 rings (SSSR count). The van der Waals surface area contributed by atoms with Gasteiger partial charge in [-0.2, -0.15) is 0 Å². The first-order valence-electron chi connectivity index (χ1n) is 6.16. The Morgan fingerprint density at radius 1 is 1.47 bits per heavy atom. The molecule has 0 radical (unpaired) electrons. The molecule has 0 aromatic heterocycles. The lowest BCUT2D eigenvalue weighted by molar-refractivity contribution is -0.0520. The summed E-state index contributed by atoms with van der Waals surface area (Å²) in [4.78, 5) is 0. The summed E-state index contributed by atoms with van der Waals surface area (Å²) in [5.41, 5.74) is 3.97. The first kappa shape index (κ1) is 11.1. The van der Waals surface area contributed by atoms with E-state index in [9.17, 15) is 0 Å². The average Bonchev–Trinajstić information content (AvgIpc) is 2.70. The number of rotatable bonds is 1. The van der Waals surface area contributed by atoms with Gasteiger partial charge in [-0.3, -0.25) is 0 Å². The van der Waals surface area contributed by atoms with E-state index in [1.54, 1.807) is 7.11 Å². The molecule has 3 nitrogen and oxygen atoms in total. The Bertz CT molecular complexity index is 458. The molecule has 1 saturated heterocycles. The minimum atomic E-state index is -0.0498. The van der Waals surface area contributed by atoms with Crippen LogP contribution in [0.1, 0.15) is 29.5 Å². The number of aryl methyl sites for hydroxylation is 1. The summed E-state index contributed by atoms with van der Waals surface area (Å²) in [6, 6.07) is 4.27. The van der Waals surface area contributed by atoms with Crippen molar-refractivity contribution >= 4 is 0 Å². The van der Waals surface area contributed by atoms with Gasteiger partial charge >= 0.3 is 0 Å². The van der Waals surface area contributed by atoms with Crippen LogP contribution in [-0.4, -0.2) is 25.8 Å². The predicted molar refractivity (Wildman–Crippen MR) is 66.5 cm³/mol. The van der Waals surface area contributed by atoms with Crippen LogP contribution in [0.2, 0.25) is 0 Å². The fourth-order valence-corrected chi connectivity index (χ4v) is 3.07. The van der Waals surface area contributed by atoms with Crippen molar-refractivity contribution in [3.05, 3.63) is 28.8 Å². The Labute approximate surface area is 102 Å². The number of hydrogen-bond acceptors (Lipinski definition) is 3. The molecule has 1 fully saturated rings. The van der Waals surface area contributed by atoms with Crippen molar-refractivity contribution in [3.8, 4) is 5.75 Å². The molecule has 0 aliphatic carbocycles. The van der Waals surface area contributed by atoms with Gasteiger partial charge in [0, 0.05) is 19.0 Å². The molecule has 2 atom stereocenters. The lowest BCUT2D eigenvalue weighted by atomic mass is 9.80. The molecule has 3 heteroatoms. The lowest BCUT2D eigenvalue weighted by Crippen LogP contribution is -2.39. The third kappa shape index (κ3) is 1.57. The van der Waals surface area contributed by atoms with Crippen molar-refractivity contribution in [3.63, 3.8) is 0 Å². The third-order valence-electron chi connectivity index (χ3n) is 4.20. The molecular formula is C14H19NO2. The Morgan fingerprint density at radius 3 is 3.06 bits per heavy atom. The number of hydrogen-bond donors (Lipinski definition) is 1. The van der Waals surface area contributed by atoms with Gasteiger partial charge in [0.05, 0.1) is 19.3 Å². The fourth-order valence-electron chi connectivity index (χ4n) is 3.07. The topological polar surface area (TPSA) is 30.5 Å². The van der Waals surface area contributed by atoms with Gasteiger partial charge in [0.25, 0.3) is 0 Å². The van der Waals surface area contributed by atoms with E-state index < -0.39 is 0 Å². The van der Waals surface area contributed by atoms with Crippen LogP contribution < -0.4 is 10.1 Å². The molecule has 0 bridgehead atoms. The van der Waals surface area contributed by atoms with E-state index in [1.165, 1.54) is 16.7 Å². The number of fused-ring (bicyclic) bond motifs is 3. The SMILES string of the molecule is COc1cc(C)c2c(c1)C1CNC[C@]1(C)OC2. The second kappa shape index (κ2) is 3.72. The third-order valence-corrected chi connectivity index (χ3v) is 4.20. The zero-order valence-corrected chi connectivity index (χ0v) is 10.7. The maximum Gasteiger partial charge on any atom is 0.119 e. The molecule has 1 aromatic carbocycles. The monoisotopic (exact) mass is 233 g/mol. The molecule has 2 heterocycles. The maximum atomic E-state index is 6.07. The standard InChI is InChI=1S/C14H19NO2/c1-9-4-10(16-3)5-11-12(9)7-17-14(2)8-15-6-13(11)14/h4-5,13,15H,6-8H2,1-3H3/t13?,14-/m0/s1. The summed E-state index contributed by atoms with van der Waals surface area (Å²) in [6.45, 7) is 6.99. The van der Waals surface area contributed by atoms with Crippen molar-refractivity contribution in [2.24, 2.45) is 0 Å². The summed E-state index contributed by atoms with van der Waals surface area (Å²) in [5.74, 6) is 1.40. The normalized spacial score (nSPS) is 30.9. The van der Waals surface area contributed by atoms with E-state index in [2.05, 4.69) is 31.3 Å². The highest BCUT2D eigenvalue weighted by Crippen LogP contribution is 2.43. The van der Waals surface area contributed by atoms with E-state index in [0.29, 0.717) is 5.92 Å². The number of benzene rings is 1. The van der Waals surface area contributed by atoms with Crippen molar-refractivity contribution in [2.75, 3.05) is 20.2 Å². The van der Waals surface area contributed by atoms with E-state index in [1.807, 2.05) is 0 Å². The zero-order chi connectivity index (χ0) is 12.0. The molecule has 17 heavy (non-hydrogen) atoms. The first-order chi connectivity index (χ1) is 8.14. The quantitative estimate of drug-likeness (QED) is 0.804. The molecule has 1 aromatic rings. The Balaban J connectivity index is 2.13. The van der Waals surface area contributed by atoms with Crippen LogP contribution in [-0.2, 0) is 11.3 Å². The highest BCUT2D eigenvalue weighted by atomic mass is 16.5.